The van der Waals surface area contributed by atoms with Gasteiger partial charge in [-0.05, 0) is 86.0 Å². The van der Waals surface area contributed by atoms with Gasteiger partial charge < -0.3 is 10.2 Å². The van der Waals surface area contributed by atoms with Gasteiger partial charge in [0.05, 0.1) is 11.0 Å². The monoisotopic (exact) mass is 482 g/mol. The van der Waals surface area contributed by atoms with Crippen LogP contribution in [0.4, 0.5) is 0 Å². The Hall–Kier alpha value is -2.62. The molecule has 0 aromatic carbocycles. The van der Waals surface area contributed by atoms with E-state index in [0.717, 1.165) is 42.9 Å². The molecule has 4 nitrogen and oxygen atoms in total. The summed E-state index contributed by atoms with van der Waals surface area (Å²) in [5, 5.41) is 21.9. The fourth-order valence-electron chi connectivity index (χ4n) is 4.12. The van der Waals surface area contributed by atoms with Crippen molar-refractivity contribution in [2.75, 3.05) is 0 Å². The summed E-state index contributed by atoms with van der Waals surface area (Å²) in [5.41, 5.74) is 3.38. The van der Waals surface area contributed by atoms with Gasteiger partial charge in [0.1, 0.15) is 11.5 Å². The van der Waals surface area contributed by atoms with Crippen LogP contribution in [0.15, 0.2) is 69.8 Å². The van der Waals surface area contributed by atoms with Crippen LogP contribution in [0, 0.1) is 11.3 Å². The van der Waals surface area contributed by atoms with E-state index in [1.807, 2.05) is 39.8 Å². The van der Waals surface area contributed by atoms with Crippen LogP contribution in [0.2, 0.25) is 0 Å². The minimum Gasteiger partial charge on any atom is -0.510 e. The van der Waals surface area contributed by atoms with Crippen LogP contribution in [-0.2, 0) is 9.59 Å². The van der Waals surface area contributed by atoms with Crippen molar-refractivity contribution in [3.63, 3.8) is 0 Å². The number of allylic oxidation sites excluding steroid dienone is 11. The van der Waals surface area contributed by atoms with Crippen molar-refractivity contribution in [1.29, 1.82) is 0 Å². The van der Waals surface area contributed by atoms with Crippen molar-refractivity contribution in [2.24, 2.45) is 11.3 Å². The molecule has 0 saturated carbocycles. The van der Waals surface area contributed by atoms with E-state index in [4.69, 9.17) is 0 Å². The van der Waals surface area contributed by atoms with Crippen LogP contribution >= 0.6 is 0 Å². The third-order valence-electron chi connectivity index (χ3n) is 6.34. The second kappa shape index (κ2) is 14.1. The Bertz CT molecular complexity index is 916. The van der Waals surface area contributed by atoms with Crippen molar-refractivity contribution in [3.05, 3.63) is 69.8 Å². The van der Waals surface area contributed by atoms with E-state index in [9.17, 15) is 19.8 Å². The van der Waals surface area contributed by atoms with Crippen LogP contribution in [0.25, 0.3) is 0 Å². The van der Waals surface area contributed by atoms with Crippen molar-refractivity contribution in [1.82, 2.24) is 0 Å². The molecule has 4 heteroatoms. The molecule has 0 spiro atoms. The summed E-state index contributed by atoms with van der Waals surface area (Å²) >= 11 is 0. The lowest BCUT2D eigenvalue weighted by molar-refractivity contribution is -0.124. The first-order chi connectivity index (χ1) is 16.3. The summed E-state index contributed by atoms with van der Waals surface area (Å²) in [7, 11) is 0. The average molecular weight is 483 g/mol. The fourth-order valence-corrected chi connectivity index (χ4v) is 4.12. The molecule has 0 atom stereocenters. The number of hydrogen-bond donors (Lipinski definition) is 2. The third kappa shape index (κ3) is 9.51. The molecule has 0 bridgehead atoms. The Morgan fingerprint density at radius 1 is 0.857 bits per heavy atom. The highest BCUT2D eigenvalue weighted by Gasteiger charge is 2.46. The summed E-state index contributed by atoms with van der Waals surface area (Å²) < 4.78 is 0. The standard InChI is InChI=1S/C31H46O4/c1-21(2)11-9-13-24(7)15-17-31(18-16-25(8)14-10-12-22(3)4)28(34)20-27(33)29(30(31)35)26(32)19-23(5)6/h11-12,15-16,20,23,33,35H,9-10,13-14,17-19H2,1-8H3/b24-15+,25-16+. The van der Waals surface area contributed by atoms with Gasteiger partial charge in [-0.2, -0.15) is 0 Å². The summed E-state index contributed by atoms with van der Waals surface area (Å²) in [6.45, 7) is 16.1. The molecule has 1 rings (SSSR count). The fraction of sp³-hybridized carbons (Fsp3) is 0.548. The van der Waals surface area contributed by atoms with E-state index in [0.29, 0.717) is 0 Å². The minimum absolute atomic E-state index is 0.0667. The van der Waals surface area contributed by atoms with E-state index in [2.05, 4.69) is 39.8 Å². The molecule has 0 amide bonds. The zero-order valence-electron chi connectivity index (χ0n) is 23.1. The number of aliphatic hydroxyl groups is 2. The molecule has 0 heterocycles. The van der Waals surface area contributed by atoms with Gasteiger partial charge in [0, 0.05) is 12.5 Å². The number of ketones is 2. The maximum atomic E-state index is 13.3. The Balaban J connectivity index is 3.42. The van der Waals surface area contributed by atoms with Crippen molar-refractivity contribution in [3.8, 4) is 0 Å². The van der Waals surface area contributed by atoms with Gasteiger partial charge in [0.25, 0.3) is 0 Å². The Morgan fingerprint density at radius 3 is 1.71 bits per heavy atom. The molecule has 0 aliphatic heterocycles. The Kier molecular flexibility index (Phi) is 12.2. The van der Waals surface area contributed by atoms with Crippen LogP contribution in [0.3, 0.4) is 0 Å². The molecular weight excluding hydrogens is 436 g/mol. The van der Waals surface area contributed by atoms with Gasteiger partial charge in [-0.1, -0.05) is 60.4 Å². The smallest absolute Gasteiger partial charge is 0.173 e. The van der Waals surface area contributed by atoms with E-state index < -0.39 is 11.2 Å². The average Bonchev–Trinajstić information content (AvgIpc) is 2.72. The minimum atomic E-state index is -1.29. The van der Waals surface area contributed by atoms with Crippen LogP contribution in [-0.4, -0.2) is 21.8 Å². The van der Waals surface area contributed by atoms with Gasteiger partial charge in [-0.25, -0.2) is 0 Å². The quantitative estimate of drug-likeness (QED) is 0.258. The van der Waals surface area contributed by atoms with Crippen molar-refractivity contribution < 1.29 is 19.8 Å². The summed E-state index contributed by atoms with van der Waals surface area (Å²) in [5.74, 6) is -1.36. The van der Waals surface area contributed by atoms with E-state index in [1.54, 1.807) is 0 Å². The lowest BCUT2D eigenvalue weighted by Gasteiger charge is -2.33. The van der Waals surface area contributed by atoms with Crippen molar-refractivity contribution in [2.45, 2.75) is 100 Å². The number of carbonyl (C=O) groups is 2. The maximum absolute atomic E-state index is 13.3. The second-order valence-electron chi connectivity index (χ2n) is 10.9. The first-order valence-electron chi connectivity index (χ1n) is 12.8. The van der Waals surface area contributed by atoms with Crippen LogP contribution in [0.5, 0.6) is 0 Å². The molecule has 1 aliphatic carbocycles. The molecule has 35 heavy (non-hydrogen) atoms. The molecule has 194 valence electrons. The molecule has 1 aliphatic rings. The first kappa shape index (κ1) is 30.4. The highest BCUT2D eigenvalue weighted by Crippen LogP contribution is 2.44. The number of Topliss-reactive ketones (excluding diaryl/α,β-unsaturated/α-hetero) is 1. The normalized spacial score (nSPS) is 19.1. The maximum Gasteiger partial charge on any atom is 0.173 e. The van der Waals surface area contributed by atoms with E-state index >= 15 is 0 Å². The summed E-state index contributed by atoms with van der Waals surface area (Å²) in [4.78, 5) is 26.3. The Morgan fingerprint density at radius 2 is 1.31 bits per heavy atom. The molecule has 2 N–H and O–H groups in total. The lowest BCUT2D eigenvalue weighted by atomic mass is 9.69. The van der Waals surface area contributed by atoms with Gasteiger partial charge in [-0.3, -0.25) is 9.59 Å². The molecule has 0 aromatic rings. The predicted molar refractivity (Wildman–Crippen MR) is 146 cm³/mol. The van der Waals surface area contributed by atoms with Crippen LogP contribution in [0.1, 0.15) is 100 Å². The summed E-state index contributed by atoms with van der Waals surface area (Å²) in [6, 6.07) is 0. The molecule has 0 aromatic heterocycles. The lowest BCUT2D eigenvalue weighted by Crippen LogP contribution is -2.37. The van der Waals surface area contributed by atoms with Gasteiger partial charge in [0.2, 0.25) is 0 Å². The third-order valence-corrected chi connectivity index (χ3v) is 6.34. The number of hydrogen-bond acceptors (Lipinski definition) is 4. The zero-order valence-corrected chi connectivity index (χ0v) is 23.1. The van der Waals surface area contributed by atoms with Gasteiger partial charge >= 0.3 is 0 Å². The second-order valence-corrected chi connectivity index (χ2v) is 10.9. The largest absolute Gasteiger partial charge is 0.510 e. The number of rotatable bonds is 13. The molecular formula is C31H46O4. The number of aliphatic hydroxyl groups excluding tert-OH is 2. The van der Waals surface area contributed by atoms with Crippen molar-refractivity contribution >= 4 is 11.6 Å². The Labute approximate surface area is 212 Å². The van der Waals surface area contributed by atoms with Crippen LogP contribution < -0.4 is 0 Å². The topological polar surface area (TPSA) is 74.6 Å². The zero-order chi connectivity index (χ0) is 26.8. The molecule has 0 radical (unpaired) electrons. The molecule has 0 fully saturated rings. The highest BCUT2D eigenvalue weighted by molar-refractivity contribution is 6.08. The SMILES string of the molecule is CC(C)=CCC/C(C)=C/CC1(C/C=C(\C)CCC=C(C)C)C(=O)C=C(O)C(C(=O)CC(C)C)=C1O. The molecule has 0 unspecified atom stereocenters. The molecule has 0 saturated heterocycles. The highest BCUT2D eigenvalue weighted by atomic mass is 16.3. The van der Waals surface area contributed by atoms with E-state index in [1.165, 1.54) is 11.1 Å². The first-order valence-corrected chi connectivity index (χ1v) is 12.8. The van der Waals surface area contributed by atoms with E-state index in [-0.39, 0.29) is 48.1 Å². The predicted octanol–water partition coefficient (Wildman–Crippen LogP) is 8.59. The van der Waals surface area contributed by atoms with Gasteiger partial charge in [-0.15, -0.1) is 0 Å². The number of carbonyl (C=O) groups excluding carboxylic acids is 2. The summed E-state index contributed by atoms with van der Waals surface area (Å²) in [6.07, 6.45) is 13.8. The van der Waals surface area contributed by atoms with Gasteiger partial charge in [0.15, 0.2) is 11.6 Å².